The van der Waals surface area contributed by atoms with E-state index in [1.165, 1.54) is 0 Å². The number of hydrogen-bond acceptors (Lipinski definition) is 4. The van der Waals surface area contributed by atoms with Crippen molar-refractivity contribution in [3.63, 3.8) is 0 Å². The van der Waals surface area contributed by atoms with Gasteiger partial charge in [-0.15, -0.1) is 0 Å². The van der Waals surface area contributed by atoms with Gasteiger partial charge in [0.1, 0.15) is 17.0 Å². The summed E-state index contributed by atoms with van der Waals surface area (Å²) in [6.07, 6.45) is 0.132. The standard InChI is InChI=1S/C18H16N2O4/c19-18(22)17-16(13-8-4-5-9-14(13)24-17)20-15(21)10-11-23-12-6-2-1-3-7-12/h1-9H,10-11H2,(H2,19,22)(H,20,21). The third kappa shape index (κ3) is 3.38. The van der Waals surface area contributed by atoms with E-state index in [4.69, 9.17) is 14.9 Å². The number of rotatable bonds is 6. The lowest BCUT2D eigenvalue weighted by molar-refractivity contribution is -0.116. The molecule has 1 aromatic heterocycles. The van der Waals surface area contributed by atoms with Crippen molar-refractivity contribution in [3.05, 3.63) is 60.4 Å². The van der Waals surface area contributed by atoms with Crippen molar-refractivity contribution in [1.82, 2.24) is 0 Å². The number of ether oxygens (including phenoxy) is 1. The average molecular weight is 324 g/mol. The zero-order chi connectivity index (χ0) is 16.9. The number of hydrogen-bond donors (Lipinski definition) is 2. The van der Waals surface area contributed by atoms with Gasteiger partial charge in [-0.2, -0.15) is 0 Å². The monoisotopic (exact) mass is 324 g/mol. The largest absolute Gasteiger partial charge is 0.493 e. The Morgan fingerprint density at radius 2 is 1.75 bits per heavy atom. The predicted molar refractivity (Wildman–Crippen MR) is 89.9 cm³/mol. The topological polar surface area (TPSA) is 94.6 Å². The highest BCUT2D eigenvalue weighted by Crippen LogP contribution is 2.30. The summed E-state index contributed by atoms with van der Waals surface area (Å²) in [6, 6.07) is 16.2. The Morgan fingerprint density at radius 3 is 2.50 bits per heavy atom. The van der Waals surface area contributed by atoms with Crippen LogP contribution in [0.15, 0.2) is 59.0 Å². The van der Waals surface area contributed by atoms with Crippen LogP contribution in [0.25, 0.3) is 11.0 Å². The maximum Gasteiger partial charge on any atom is 0.286 e. The van der Waals surface area contributed by atoms with Crippen molar-refractivity contribution in [3.8, 4) is 5.75 Å². The minimum Gasteiger partial charge on any atom is -0.493 e. The Kier molecular flexibility index (Phi) is 4.47. The number of amides is 2. The van der Waals surface area contributed by atoms with E-state index in [2.05, 4.69) is 5.32 Å². The van der Waals surface area contributed by atoms with E-state index in [1.54, 1.807) is 24.3 Å². The van der Waals surface area contributed by atoms with Gasteiger partial charge in [-0.1, -0.05) is 30.3 Å². The summed E-state index contributed by atoms with van der Waals surface area (Å²) in [5, 5.41) is 3.32. The Morgan fingerprint density at radius 1 is 1.04 bits per heavy atom. The molecule has 0 aliphatic rings. The first kappa shape index (κ1) is 15.6. The quantitative estimate of drug-likeness (QED) is 0.729. The van der Waals surface area contributed by atoms with Crippen molar-refractivity contribution < 1.29 is 18.7 Å². The van der Waals surface area contributed by atoms with Gasteiger partial charge < -0.3 is 20.2 Å². The molecule has 0 spiro atoms. The number of nitrogens with one attached hydrogen (secondary N) is 1. The van der Waals surface area contributed by atoms with E-state index < -0.39 is 5.91 Å². The van der Waals surface area contributed by atoms with Gasteiger partial charge in [-0.3, -0.25) is 9.59 Å². The molecule has 3 aromatic rings. The third-order valence-corrected chi connectivity index (χ3v) is 3.42. The summed E-state index contributed by atoms with van der Waals surface area (Å²) in [6.45, 7) is 0.220. The molecule has 0 aliphatic carbocycles. The molecule has 0 unspecified atom stereocenters. The van der Waals surface area contributed by atoms with Crippen LogP contribution in [0.5, 0.6) is 5.75 Å². The highest BCUT2D eigenvalue weighted by molar-refractivity contribution is 6.10. The van der Waals surface area contributed by atoms with Gasteiger partial charge >= 0.3 is 0 Å². The summed E-state index contributed by atoms with van der Waals surface area (Å²) in [4.78, 5) is 23.7. The molecule has 1 heterocycles. The highest BCUT2D eigenvalue weighted by atomic mass is 16.5. The summed E-state index contributed by atoms with van der Waals surface area (Å²) in [5.41, 5.74) is 6.10. The van der Waals surface area contributed by atoms with E-state index >= 15 is 0 Å². The number of carbonyl (C=O) groups is 2. The molecule has 0 bridgehead atoms. The van der Waals surface area contributed by atoms with E-state index in [-0.39, 0.29) is 24.7 Å². The Bertz CT molecular complexity index is 871. The molecule has 0 radical (unpaired) electrons. The van der Waals surface area contributed by atoms with Gasteiger partial charge in [0, 0.05) is 5.39 Å². The van der Waals surface area contributed by atoms with E-state index in [9.17, 15) is 9.59 Å². The van der Waals surface area contributed by atoms with Crippen LogP contribution in [0.1, 0.15) is 17.0 Å². The van der Waals surface area contributed by atoms with Crippen molar-refractivity contribution in [2.45, 2.75) is 6.42 Å². The molecule has 0 fully saturated rings. The number of anilines is 1. The summed E-state index contributed by atoms with van der Waals surface area (Å²) in [5.74, 6) is -0.396. The van der Waals surface area contributed by atoms with Gasteiger partial charge in [-0.25, -0.2) is 0 Å². The second kappa shape index (κ2) is 6.87. The summed E-state index contributed by atoms with van der Waals surface area (Å²) in [7, 11) is 0. The lowest BCUT2D eigenvalue weighted by Gasteiger charge is -2.07. The molecule has 122 valence electrons. The predicted octanol–water partition coefficient (Wildman–Crippen LogP) is 2.94. The zero-order valence-electron chi connectivity index (χ0n) is 12.8. The maximum atomic E-state index is 12.1. The summed E-state index contributed by atoms with van der Waals surface area (Å²) >= 11 is 0. The van der Waals surface area contributed by atoms with Gasteiger partial charge in [0.2, 0.25) is 11.7 Å². The van der Waals surface area contributed by atoms with Crippen LogP contribution in [0.3, 0.4) is 0 Å². The molecular formula is C18H16N2O4. The van der Waals surface area contributed by atoms with Gasteiger partial charge in [0.25, 0.3) is 5.91 Å². The average Bonchev–Trinajstić information content (AvgIpc) is 2.95. The normalized spacial score (nSPS) is 10.5. The van der Waals surface area contributed by atoms with Crippen molar-refractivity contribution in [2.75, 3.05) is 11.9 Å². The Hall–Kier alpha value is -3.28. The van der Waals surface area contributed by atoms with Crippen molar-refractivity contribution in [2.24, 2.45) is 5.73 Å². The molecule has 3 N–H and O–H groups in total. The molecule has 2 amide bonds. The van der Waals surface area contributed by atoms with Crippen LogP contribution < -0.4 is 15.8 Å². The fraction of sp³-hybridized carbons (Fsp3) is 0.111. The van der Waals surface area contributed by atoms with Gasteiger partial charge in [0.05, 0.1) is 13.0 Å². The first-order valence-corrected chi connectivity index (χ1v) is 7.44. The second-order valence-electron chi connectivity index (χ2n) is 5.13. The van der Waals surface area contributed by atoms with Crippen molar-refractivity contribution >= 4 is 28.5 Å². The lowest BCUT2D eigenvalue weighted by atomic mass is 10.2. The third-order valence-electron chi connectivity index (χ3n) is 3.42. The SMILES string of the molecule is NC(=O)c1oc2ccccc2c1NC(=O)CCOc1ccccc1. The molecule has 0 saturated heterocycles. The number of fused-ring (bicyclic) bond motifs is 1. The molecule has 2 aromatic carbocycles. The molecular weight excluding hydrogens is 308 g/mol. The Balaban J connectivity index is 1.69. The second-order valence-corrected chi connectivity index (χ2v) is 5.13. The van der Waals surface area contributed by atoms with Crippen LogP contribution in [-0.2, 0) is 4.79 Å². The smallest absolute Gasteiger partial charge is 0.286 e. The molecule has 3 rings (SSSR count). The number of nitrogens with two attached hydrogens (primary N) is 1. The molecule has 0 saturated carbocycles. The summed E-state index contributed by atoms with van der Waals surface area (Å²) < 4.78 is 10.9. The van der Waals surface area contributed by atoms with E-state index in [1.807, 2.05) is 30.3 Å². The zero-order valence-corrected chi connectivity index (χ0v) is 12.8. The number of primary amides is 1. The maximum absolute atomic E-state index is 12.1. The number of benzene rings is 2. The molecule has 24 heavy (non-hydrogen) atoms. The lowest BCUT2D eigenvalue weighted by Crippen LogP contribution is -2.18. The first-order chi connectivity index (χ1) is 11.6. The Labute approximate surface area is 138 Å². The molecule has 0 atom stereocenters. The van der Waals surface area contributed by atoms with Crippen LogP contribution in [-0.4, -0.2) is 18.4 Å². The first-order valence-electron chi connectivity index (χ1n) is 7.44. The van der Waals surface area contributed by atoms with Gasteiger partial charge in [0.15, 0.2) is 0 Å². The number of carbonyl (C=O) groups excluding carboxylic acids is 2. The fourth-order valence-electron chi connectivity index (χ4n) is 2.32. The molecule has 0 aliphatic heterocycles. The van der Waals surface area contributed by atoms with Crippen LogP contribution in [0.2, 0.25) is 0 Å². The van der Waals surface area contributed by atoms with E-state index in [0.717, 1.165) is 0 Å². The molecule has 6 nitrogen and oxygen atoms in total. The van der Waals surface area contributed by atoms with Crippen LogP contribution >= 0.6 is 0 Å². The minimum atomic E-state index is -0.734. The van der Waals surface area contributed by atoms with Crippen LogP contribution in [0.4, 0.5) is 5.69 Å². The highest BCUT2D eigenvalue weighted by Gasteiger charge is 2.20. The fourth-order valence-corrected chi connectivity index (χ4v) is 2.32. The minimum absolute atomic E-state index is 0.0615. The van der Waals surface area contributed by atoms with Crippen LogP contribution in [0, 0.1) is 0 Å². The number of furan rings is 1. The van der Waals surface area contributed by atoms with Crippen molar-refractivity contribution in [1.29, 1.82) is 0 Å². The molecule has 6 heteroatoms. The van der Waals surface area contributed by atoms with E-state index in [0.29, 0.717) is 22.4 Å². The number of para-hydroxylation sites is 2. The van der Waals surface area contributed by atoms with Gasteiger partial charge in [-0.05, 0) is 24.3 Å².